The highest BCUT2D eigenvalue weighted by atomic mass is 16.3. The van der Waals surface area contributed by atoms with Gasteiger partial charge in [-0.15, -0.1) is 0 Å². The lowest BCUT2D eigenvalue weighted by Crippen LogP contribution is -2.38. The van der Waals surface area contributed by atoms with Gasteiger partial charge in [0.15, 0.2) is 0 Å². The maximum absolute atomic E-state index is 12.7. The fraction of sp³-hybridized carbons (Fsp3) is 0.588. The van der Waals surface area contributed by atoms with E-state index in [1.165, 1.54) is 12.8 Å². The Kier molecular flexibility index (Phi) is 6.05. The smallest absolute Gasteiger partial charge is 0.232 e. The molecular weight excluding hydrogens is 264 g/mol. The SMILES string of the molecule is CCCCCCN(CCO)C(=O)C1CNc2ccccc21. The van der Waals surface area contributed by atoms with Crippen molar-refractivity contribution in [1.29, 1.82) is 0 Å². The second kappa shape index (κ2) is 8.03. The topological polar surface area (TPSA) is 52.6 Å². The summed E-state index contributed by atoms with van der Waals surface area (Å²) < 4.78 is 0. The highest BCUT2D eigenvalue weighted by Gasteiger charge is 2.31. The van der Waals surface area contributed by atoms with Crippen molar-refractivity contribution >= 4 is 11.6 Å². The van der Waals surface area contributed by atoms with Crippen molar-refractivity contribution in [3.63, 3.8) is 0 Å². The van der Waals surface area contributed by atoms with Crippen LogP contribution in [0.2, 0.25) is 0 Å². The summed E-state index contributed by atoms with van der Waals surface area (Å²) in [5.41, 5.74) is 2.14. The molecule has 1 aliphatic rings. The molecule has 4 heteroatoms. The lowest BCUT2D eigenvalue weighted by molar-refractivity contribution is -0.133. The highest BCUT2D eigenvalue weighted by Crippen LogP contribution is 2.32. The molecule has 1 unspecified atom stereocenters. The first-order chi connectivity index (χ1) is 10.3. The molecule has 0 saturated carbocycles. The Labute approximate surface area is 127 Å². The largest absolute Gasteiger partial charge is 0.395 e. The van der Waals surface area contributed by atoms with Crippen molar-refractivity contribution in [3.8, 4) is 0 Å². The van der Waals surface area contributed by atoms with Crippen LogP contribution in [-0.4, -0.2) is 42.2 Å². The van der Waals surface area contributed by atoms with Crippen LogP contribution in [0.3, 0.4) is 0 Å². The fourth-order valence-electron chi connectivity index (χ4n) is 2.91. The second-order valence-corrected chi connectivity index (χ2v) is 5.63. The Morgan fingerprint density at radius 3 is 2.86 bits per heavy atom. The number of aliphatic hydroxyl groups is 1. The van der Waals surface area contributed by atoms with Gasteiger partial charge < -0.3 is 15.3 Å². The van der Waals surface area contributed by atoms with Crippen LogP contribution in [0.25, 0.3) is 0 Å². The molecule has 1 aromatic rings. The van der Waals surface area contributed by atoms with Crippen LogP contribution in [0, 0.1) is 0 Å². The van der Waals surface area contributed by atoms with Gasteiger partial charge in [0.1, 0.15) is 0 Å². The van der Waals surface area contributed by atoms with Gasteiger partial charge >= 0.3 is 0 Å². The third-order valence-corrected chi connectivity index (χ3v) is 4.09. The quantitative estimate of drug-likeness (QED) is 0.724. The number of anilines is 1. The van der Waals surface area contributed by atoms with Crippen LogP contribution in [0.15, 0.2) is 24.3 Å². The van der Waals surface area contributed by atoms with Crippen molar-refractivity contribution in [2.45, 2.75) is 38.5 Å². The van der Waals surface area contributed by atoms with E-state index in [1.54, 1.807) is 0 Å². The van der Waals surface area contributed by atoms with Crippen LogP contribution in [0.4, 0.5) is 5.69 Å². The molecule has 0 bridgehead atoms. The fourth-order valence-corrected chi connectivity index (χ4v) is 2.91. The van der Waals surface area contributed by atoms with Gasteiger partial charge in [0, 0.05) is 25.3 Å². The number of hydrogen-bond donors (Lipinski definition) is 2. The van der Waals surface area contributed by atoms with E-state index in [2.05, 4.69) is 12.2 Å². The van der Waals surface area contributed by atoms with E-state index in [0.29, 0.717) is 13.1 Å². The van der Waals surface area contributed by atoms with Crippen LogP contribution < -0.4 is 5.32 Å². The summed E-state index contributed by atoms with van der Waals surface area (Å²) in [7, 11) is 0. The number of amides is 1. The molecule has 0 saturated heterocycles. The Morgan fingerprint density at radius 2 is 2.10 bits per heavy atom. The molecule has 4 nitrogen and oxygen atoms in total. The van der Waals surface area contributed by atoms with Crippen molar-refractivity contribution in [2.24, 2.45) is 0 Å². The molecule has 1 aromatic carbocycles. The Balaban J connectivity index is 1.98. The summed E-state index contributed by atoms with van der Waals surface area (Å²) in [6.45, 7) is 4.05. The van der Waals surface area contributed by atoms with E-state index in [1.807, 2.05) is 29.2 Å². The Morgan fingerprint density at radius 1 is 1.29 bits per heavy atom. The average Bonchev–Trinajstić information content (AvgIpc) is 2.94. The van der Waals surface area contributed by atoms with Crippen LogP contribution in [-0.2, 0) is 4.79 Å². The van der Waals surface area contributed by atoms with Gasteiger partial charge in [0.2, 0.25) is 5.91 Å². The molecule has 1 atom stereocenters. The summed E-state index contributed by atoms with van der Waals surface area (Å²) in [6.07, 6.45) is 4.55. The predicted molar refractivity (Wildman–Crippen MR) is 85.5 cm³/mol. The molecule has 0 fully saturated rings. The first-order valence-electron chi connectivity index (χ1n) is 8.00. The van der Waals surface area contributed by atoms with Crippen molar-refractivity contribution in [2.75, 3.05) is 31.6 Å². The van der Waals surface area contributed by atoms with E-state index in [0.717, 1.165) is 30.6 Å². The lowest BCUT2D eigenvalue weighted by Gasteiger charge is -2.25. The number of aliphatic hydroxyl groups excluding tert-OH is 1. The molecule has 116 valence electrons. The number of para-hydroxylation sites is 1. The molecule has 1 amide bonds. The van der Waals surface area contributed by atoms with Crippen molar-refractivity contribution < 1.29 is 9.90 Å². The normalized spacial score (nSPS) is 16.4. The summed E-state index contributed by atoms with van der Waals surface area (Å²) >= 11 is 0. The van der Waals surface area contributed by atoms with Gasteiger partial charge in [-0.05, 0) is 18.1 Å². The summed E-state index contributed by atoms with van der Waals surface area (Å²) in [6, 6.07) is 7.99. The Hall–Kier alpha value is -1.55. The van der Waals surface area contributed by atoms with Crippen LogP contribution >= 0.6 is 0 Å². The summed E-state index contributed by atoms with van der Waals surface area (Å²) in [5, 5.41) is 12.5. The van der Waals surface area contributed by atoms with E-state index in [-0.39, 0.29) is 18.4 Å². The number of unbranched alkanes of at least 4 members (excludes halogenated alkanes) is 3. The number of rotatable bonds is 8. The van der Waals surface area contributed by atoms with Gasteiger partial charge in [-0.3, -0.25) is 4.79 Å². The summed E-state index contributed by atoms with van der Waals surface area (Å²) in [5.74, 6) is 0.0249. The minimum absolute atomic E-state index is 0.0291. The second-order valence-electron chi connectivity index (χ2n) is 5.63. The van der Waals surface area contributed by atoms with E-state index in [4.69, 9.17) is 0 Å². The van der Waals surface area contributed by atoms with Gasteiger partial charge in [-0.25, -0.2) is 0 Å². The highest BCUT2D eigenvalue weighted by molar-refractivity contribution is 5.88. The molecular formula is C17H26N2O2. The molecule has 21 heavy (non-hydrogen) atoms. The lowest BCUT2D eigenvalue weighted by atomic mass is 9.99. The van der Waals surface area contributed by atoms with Crippen LogP contribution in [0.1, 0.15) is 44.1 Å². The van der Waals surface area contributed by atoms with Gasteiger partial charge in [-0.1, -0.05) is 44.4 Å². The maximum atomic E-state index is 12.7. The zero-order valence-electron chi connectivity index (χ0n) is 12.8. The number of carbonyl (C=O) groups excluding carboxylic acids is 1. The van der Waals surface area contributed by atoms with E-state index in [9.17, 15) is 9.90 Å². The zero-order valence-corrected chi connectivity index (χ0v) is 12.8. The third kappa shape index (κ3) is 3.97. The van der Waals surface area contributed by atoms with Crippen molar-refractivity contribution in [1.82, 2.24) is 4.90 Å². The molecule has 1 heterocycles. The number of hydrogen-bond acceptors (Lipinski definition) is 3. The van der Waals surface area contributed by atoms with E-state index >= 15 is 0 Å². The maximum Gasteiger partial charge on any atom is 0.232 e. The average molecular weight is 290 g/mol. The molecule has 0 spiro atoms. The molecule has 0 aliphatic carbocycles. The van der Waals surface area contributed by atoms with Gasteiger partial charge in [-0.2, -0.15) is 0 Å². The number of nitrogens with zero attached hydrogens (tertiary/aromatic N) is 1. The van der Waals surface area contributed by atoms with Crippen LogP contribution in [0.5, 0.6) is 0 Å². The monoisotopic (exact) mass is 290 g/mol. The number of fused-ring (bicyclic) bond motifs is 1. The van der Waals surface area contributed by atoms with Gasteiger partial charge in [0.05, 0.1) is 12.5 Å². The summed E-state index contributed by atoms with van der Waals surface area (Å²) in [4.78, 5) is 14.6. The number of nitrogens with one attached hydrogen (secondary N) is 1. The minimum Gasteiger partial charge on any atom is -0.395 e. The minimum atomic E-state index is -0.112. The molecule has 1 aliphatic heterocycles. The number of carbonyl (C=O) groups is 1. The van der Waals surface area contributed by atoms with Crippen molar-refractivity contribution in [3.05, 3.63) is 29.8 Å². The third-order valence-electron chi connectivity index (χ3n) is 4.09. The molecule has 0 aromatic heterocycles. The first-order valence-corrected chi connectivity index (χ1v) is 8.00. The number of benzene rings is 1. The van der Waals surface area contributed by atoms with Gasteiger partial charge in [0.25, 0.3) is 0 Å². The molecule has 2 rings (SSSR count). The molecule has 2 N–H and O–H groups in total. The zero-order chi connectivity index (χ0) is 15.1. The molecule has 0 radical (unpaired) electrons. The predicted octanol–water partition coefficient (Wildman–Crippen LogP) is 2.60. The van der Waals surface area contributed by atoms with E-state index < -0.39 is 0 Å². The standard InChI is InChI=1S/C17H26N2O2/c1-2-3-4-7-10-19(11-12-20)17(21)15-13-18-16-9-6-5-8-14(15)16/h5-6,8-9,15,18,20H,2-4,7,10-13H2,1H3. The first kappa shape index (κ1) is 15.8. The Bertz CT molecular complexity index is 462.